The van der Waals surface area contributed by atoms with Gasteiger partial charge in [-0.3, -0.25) is 33.9 Å². The molecule has 3 amide bonds. The summed E-state index contributed by atoms with van der Waals surface area (Å²) in [6, 6.07) is -0.888. The van der Waals surface area contributed by atoms with E-state index >= 15 is 0 Å². The maximum absolute atomic E-state index is 12.6. The molecule has 2 aromatic rings. The Morgan fingerprint density at radius 3 is 2.87 bits per heavy atom. The quantitative estimate of drug-likeness (QED) is 0.0454. The number of guanidine groups is 1. The number of hydrogen-bond donors (Lipinski definition) is 9. The van der Waals surface area contributed by atoms with Crippen LogP contribution in [0.1, 0.15) is 19.1 Å². The molecule has 7 atom stereocenters. The van der Waals surface area contributed by atoms with Crippen LogP contribution in [0.5, 0.6) is 0 Å². The van der Waals surface area contributed by atoms with Gasteiger partial charge in [-0.05, 0) is 0 Å². The first-order valence-electron chi connectivity index (χ1n) is 11.4. The minimum Gasteiger partial charge on any atom is -0.394 e. The van der Waals surface area contributed by atoms with E-state index in [0.29, 0.717) is 0 Å². The second kappa shape index (κ2) is 11.7. The monoisotopic (exact) mass is 576 g/mol. The SMILES string of the molecule is NC(=NC=O)NC(=O)NC1CC(OP(=O)(O)OCC2OC([n+]3c[nH]c4c(=O)[nH]c(N)nc43)CC2O)C(CO)O1. The summed E-state index contributed by atoms with van der Waals surface area (Å²) in [7, 11) is -4.77. The summed E-state index contributed by atoms with van der Waals surface area (Å²) in [5.74, 6) is -0.598. The number of phosphoric acid groups is 1. The van der Waals surface area contributed by atoms with E-state index in [-0.39, 0.29) is 36.4 Å². The Labute approximate surface area is 217 Å². The largest absolute Gasteiger partial charge is 0.472 e. The topological polar surface area (TPSA) is 303 Å². The van der Waals surface area contributed by atoms with E-state index in [1.54, 1.807) is 0 Å². The van der Waals surface area contributed by atoms with Crippen molar-refractivity contribution in [3.63, 3.8) is 0 Å². The van der Waals surface area contributed by atoms with Crippen molar-refractivity contribution in [3.05, 3.63) is 16.7 Å². The third kappa shape index (κ3) is 6.75. The summed E-state index contributed by atoms with van der Waals surface area (Å²) in [4.78, 5) is 56.7. The summed E-state index contributed by atoms with van der Waals surface area (Å²) >= 11 is 0. The molecule has 0 aromatic carbocycles. The van der Waals surface area contributed by atoms with Crippen molar-refractivity contribution in [2.24, 2.45) is 10.7 Å². The van der Waals surface area contributed by atoms with Crippen LogP contribution in [-0.4, -0.2) is 92.3 Å². The van der Waals surface area contributed by atoms with Gasteiger partial charge in [0.05, 0.1) is 19.3 Å². The standard InChI is InChI=1S/C18H26N9O11P/c19-16(22-6-29)26-18(32)23-11-2-8(9(3-28)36-11)38-39(33,34)35-4-10-7(30)1-12(37-10)27-5-21-13-14(27)24-17(20)25-15(13)31/h5-12,28,30H,1-4H2,(H8,19,20,22,23,24,25,26,29,31,32,33,34)/p+1. The lowest BCUT2D eigenvalue weighted by Gasteiger charge is -2.21. The lowest BCUT2D eigenvalue weighted by molar-refractivity contribution is -0.738. The predicted molar refractivity (Wildman–Crippen MR) is 126 cm³/mol. The van der Waals surface area contributed by atoms with Crippen molar-refractivity contribution < 1.29 is 52.3 Å². The van der Waals surface area contributed by atoms with Crippen molar-refractivity contribution in [2.45, 2.75) is 49.7 Å². The molecule has 0 bridgehead atoms. The van der Waals surface area contributed by atoms with Crippen LogP contribution in [0, 0.1) is 0 Å². The Hall–Kier alpha value is -3.49. The number of hydrogen-bond acceptors (Lipinski definition) is 12. The van der Waals surface area contributed by atoms with Crippen LogP contribution in [0.3, 0.4) is 0 Å². The molecule has 0 radical (unpaired) electrons. The fraction of sp³-hybridized carbons (Fsp3) is 0.556. The second-order valence-electron chi connectivity index (χ2n) is 8.47. The number of imidazole rings is 1. The Morgan fingerprint density at radius 2 is 2.15 bits per heavy atom. The molecule has 21 heteroatoms. The van der Waals surface area contributed by atoms with Crippen molar-refractivity contribution in [3.8, 4) is 0 Å². The highest BCUT2D eigenvalue weighted by Crippen LogP contribution is 2.47. The summed E-state index contributed by atoms with van der Waals surface area (Å²) < 4.78 is 35.3. The number of nitrogen functional groups attached to an aromatic ring is 1. The Kier molecular flexibility index (Phi) is 8.57. The molecule has 214 valence electrons. The van der Waals surface area contributed by atoms with Crippen LogP contribution in [0.4, 0.5) is 10.7 Å². The average Bonchev–Trinajstić information content (AvgIpc) is 3.54. The van der Waals surface area contributed by atoms with Crippen molar-refractivity contribution in [1.29, 1.82) is 0 Å². The molecule has 11 N–H and O–H groups in total. The molecule has 2 aliphatic rings. The van der Waals surface area contributed by atoms with Crippen molar-refractivity contribution in [2.75, 3.05) is 18.9 Å². The molecule has 0 spiro atoms. The maximum atomic E-state index is 12.6. The zero-order valence-electron chi connectivity index (χ0n) is 20.0. The van der Waals surface area contributed by atoms with Gasteiger partial charge < -0.3 is 41.4 Å². The van der Waals surface area contributed by atoms with Gasteiger partial charge in [0.2, 0.25) is 17.9 Å². The zero-order chi connectivity index (χ0) is 28.3. The van der Waals surface area contributed by atoms with E-state index in [9.17, 15) is 34.1 Å². The first-order chi connectivity index (χ1) is 18.5. The van der Waals surface area contributed by atoms with Crippen LogP contribution in [0.25, 0.3) is 11.2 Å². The number of H-pyrrole nitrogens is 2. The molecule has 2 fully saturated rings. The van der Waals surface area contributed by atoms with Gasteiger partial charge >= 0.3 is 19.5 Å². The number of carbonyl (C=O) groups excluding carboxylic acids is 2. The van der Waals surface area contributed by atoms with E-state index in [1.807, 2.05) is 0 Å². The van der Waals surface area contributed by atoms with E-state index in [2.05, 4.69) is 30.6 Å². The molecule has 39 heavy (non-hydrogen) atoms. The van der Waals surface area contributed by atoms with E-state index in [4.69, 9.17) is 30.0 Å². The molecule has 2 aromatic heterocycles. The minimum absolute atomic E-state index is 0.0388. The summed E-state index contributed by atoms with van der Waals surface area (Å²) in [6.45, 7) is -1.17. The van der Waals surface area contributed by atoms with Crippen LogP contribution < -0.4 is 32.2 Å². The number of ether oxygens (including phenoxy) is 2. The third-order valence-electron chi connectivity index (χ3n) is 5.80. The number of rotatable bonds is 9. The lowest BCUT2D eigenvalue weighted by atomic mass is 10.2. The minimum atomic E-state index is -4.77. The van der Waals surface area contributed by atoms with Gasteiger partial charge in [-0.15, -0.1) is 0 Å². The number of aliphatic hydroxyl groups is 2. The number of fused-ring (bicyclic) bond motifs is 1. The van der Waals surface area contributed by atoms with Gasteiger partial charge in [-0.25, -0.2) is 13.9 Å². The Bertz CT molecular complexity index is 1350. The van der Waals surface area contributed by atoms with E-state index in [1.165, 1.54) is 10.9 Å². The normalized spacial score (nSPS) is 28.8. The lowest BCUT2D eigenvalue weighted by Crippen LogP contribution is -2.47. The van der Waals surface area contributed by atoms with Crippen LogP contribution in [0.2, 0.25) is 0 Å². The van der Waals surface area contributed by atoms with Crippen LogP contribution in [-0.2, 0) is 27.9 Å². The number of carbonyl (C=O) groups is 2. The van der Waals surface area contributed by atoms with Gasteiger partial charge in [0.15, 0.2) is 12.6 Å². The van der Waals surface area contributed by atoms with Crippen LogP contribution >= 0.6 is 7.82 Å². The Morgan fingerprint density at radius 1 is 1.38 bits per heavy atom. The third-order valence-corrected chi connectivity index (χ3v) is 6.81. The highest BCUT2D eigenvalue weighted by atomic mass is 31.2. The number of amides is 3. The molecule has 4 rings (SSSR count). The van der Waals surface area contributed by atoms with Gasteiger partial charge in [0.1, 0.15) is 24.5 Å². The highest BCUT2D eigenvalue weighted by Gasteiger charge is 2.43. The number of phosphoric ester groups is 1. The van der Waals surface area contributed by atoms with Gasteiger partial charge in [0.25, 0.3) is 11.5 Å². The number of anilines is 1. The molecule has 7 unspecified atom stereocenters. The number of urea groups is 1. The number of nitrogens with two attached hydrogens (primary N) is 2. The number of aliphatic imine (C=N–C) groups is 1. The van der Waals surface area contributed by atoms with E-state index in [0.717, 1.165) is 0 Å². The summed E-state index contributed by atoms with van der Waals surface area (Å²) in [6.07, 6.45) is -4.88. The predicted octanol–water partition coefficient (Wildman–Crippen LogP) is -3.85. The summed E-state index contributed by atoms with van der Waals surface area (Å²) in [5, 5.41) is 24.4. The Balaban J connectivity index is 1.32. The molecule has 20 nitrogen and oxygen atoms in total. The van der Waals surface area contributed by atoms with Gasteiger partial charge in [0, 0.05) is 12.8 Å². The summed E-state index contributed by atoms with van der Waals surface area (Å²) in [5.41, 5.74) is 10.7. The van der Waals surface area contributed by atoms with E-state index < -0.39 is 75.5 Å². The molecular weight excluding hydrogens is 549 g/mol. The van der Waals surface area contributed by atoms with Crippen molar-refractivity contribution >= 4 is 43.3 Å². The fourth-order valence-corrected chi connectivity index (χ4v) is 5.04. The number of aromatic nitrogens is 4. The smallest absolute Gasteiger partial charge is 0.394 e. The fourth-order valence-electron chi connectivity index (χ4n) is 4.08. The molecule has 4 heterocycles. The van der Waals surface area contributed by atoms with Gasteiger partial charge in [-0.1, -0.05) is 4.98 Å². The highest BCUT2D eigenvalue weighted by molar-refractivity contribution is 7.47. The number of nitrogens with one attached hydrogen (secondary N) is 4. The molecular formula is C18H27N9O11P+. The van der Waals surface area contributed by atoms with Gasteiger partial charge in [-0.2, -0.15) is 4.99 Å². The number of nitrogens with zero attached hydrogens (tertiary/aromatic N) is 3. The average molecular weight is 576 g/mol. The first-order valence-corrected chi connectivity index (χ1v) is 12.9. The second-order valence-corrected chi connectivity index (χ2v) is 9.88. The molecule has 0 saturated carbocycles. The van der Waals surface area contributed by atoms with Crippen molar-refractivity contribution in [1.82, 2.24) is 25.6 Å². The number of aliphatic hydroxyl groups excluding tert-OH is 2. The zero-order valence-corrected chi connectivity index (χ0v) is 20.9. The maximum Gasteiger partial charge on any atom is 0.472 e. The number of aromatic amines is 2. The molecule has 0 aliphatic carbocycles. The molecule has 2 saturated heterocycles. The molecule has 2 aliphatic heterocycles. The first kappa shape index (κ1) is 28.5. The van der Waals surface area contributed by atoms with Crippen LogP contribution in [0.15, 0.2) is 16.1 Å².